The first kappa shape index (κ1) is 11.3. The van der Waals surface area contributed by atoms with Crippen molar-refractivity contribution in [3.8, 4) is 0 Å². The standard InChI is InChI=1S/C6H15O4P/c1-7-5-6(8-2)3-4-9-10-11/h6H,3-5,11H2,1-2H3. The topological polar surface area (TPSA) is 36.9 Å². The van der Waals surface area contributed by atoms with Crippen LogP contribution in [0.2, 0.25) is 0 Å². The van der Waals surface area contributed by atoms with Gasteiger partial charge < -0.3 is 9.47 Å². The summed E-state index contributed by atoms with van der Waals surface area (Å²) in [5.41, 5.74) is 0. The van der Waals surface area contributed by atoms with Gasteiger partial charge in [-0.15, -0.1) is 0 Å². The second-order valence-corrected chi connectivity index (χ2v) is 2.21. The van der Waals surface area contributed by atoms with E-state index in [9.17, 15) is 0 Å². The van der Waals surface area contributed by atoms with Crippen molar-refractivity contribution in [3.63, 3.8) is 0 Å². The van der Waals surface area contributed by atoms with Crippen molar-refractivity contribution in [2.75, 3.05) is 27.4 Å². The molecular weight excluding hydrogens is 167 g/mol. The Hall–Kier alpha value is 0.270. The molecule has 11 heavy (non-hydrogen) atoms. The van der Waals surface area contributed by atoms with Crippen molar-refractivity contribution in [2.45, 2.75) is 12.5 Å². The smallest absolute Gasteiger partial charge is 0.0851 e. The molecule has 0 rings (SSSR count). The number of methoxy groups -OCH3 is 2. The molecule has 0 aromatic carbocycles. The minimum absolute atomic E-state index is 0.0835. The molecule has 0 radical (unpaired) electrons. The molecule has 2 atom stereocenters. The maximum atomic E-state index is 5.07. The molecule has 0 aliphatic rings. The Balaban J connectivity index is 3.20. The first-order valence-electron chi connectivity index (χ1n) is 3.35. The Morgan fingerprint density at radius 3 is 2.55 bits per heavy atom. The molecular formula is C6H15O4P. The van der Waals surface area contributed by atoms with Gasteiger partial charge in [0.05, 0.1) is 19.3 Å². The van der Waals surface area contributed by atoms with E-state index in [0.29, 0.717) is 13.2 Å². The molecule has 0 aromatic heterocycles. The number of rotatable bonds is 7. The van der Waals surface area contributed by atoms with E-state index in [1.54, 1.807) is 14.2 Å². The van der Waals surface area contributed by atoms with Crippen LogP contribution in [-0.4, -0.2) is 33.5 Å². The second-order valence-electron chi connectivity index (χ2n) is 2.02. The summed E-state index contributed by atoms with van der Waals surface area (Å²) in [5.74, 6) is 0. The summed E-state index contributed by atoms with van der Waals surface area (Å²) in [4.78, 5) is 4.64. The highest BCUT2D eigenvalue weighted by atomic mass is 31.0. The zero-order chi connectivity index (χ0) is 8.53. The lowest BCUT2D eigenvalue weighted by molar-refractivity contribution is -0.199. The van der Waals surface area contributed by atoms with Gasteiger partial charge in [0, 0.05) is 30.1 Å². The van der Waals surface area contributed by atoms with Crippen LogP contribution in [0.1, 0.15) is 6.42 Å². The molecule has 0 saturated carbocycles. The lowest BCUT2D eigenvalue weighted by atomic mass is 10.3. The minimum atomic E-state index is 0.0835. The van der Waals surface area contributed by atoms with Crippen molar-refractivity contribution in [2.24, 2.45) is 0 Å². The third-order valence-electron chi connectivity index (χ3n) is 1.28. The summed E-state index contributed by atoms with van der Waals surface area (Å²) in [6.07, 6.45) is 0.846. The zero-order valence-electron chi connectivity index (χ0n) is 6.91. The quantitative estimate of drug-likeness (QED) is 0.252. The maximum Gasteiger partial charge on any atom is 0.0851 e. The van der Waals surface area contributed by atoms with Gasteiger partial charge in [0.1, 0.15) is 0 Å². The van der Waals surface area contributed by atoms with Crippen LogP contribution in [0.4, 0.5) is 0 Å². The summed E-state index contributed by atoms with van der Waals surface area (Å²) >= 11 is 0. The highest BCUT2D eigenvalue weighted by molar-refractivity contribution is 7.09. The minimum Gasteiger partial charge on any atom is -0.382 e. The van der Waals surface area contributed by atoms with Crippen LogP contribution < -0.4 is 0 Å². The molecule has 0 fully saturated rings. The molecule has 0 aliphatic heterocycles. The van der Waals surface area contributed by atoms with Gasteiger partial charge in [-0.1, -0.05) is 0 Å². The monoisotopic (exact) mass is 182 g/mol. The van der Waals surface area contributed by atoms with E-state index in [4.69, 9.17) is 9.47 Å². The summed E-state index contributed by atoms with van der Waals surface area (Å²) in [6, 6.07) is 0. The Labute approximate surface area is 69.4 Å². The van der Waals surface area contributed by atoms with Crippen LogP contribution in [0, 0.1) is 0 Å². The average Bonchev–Trinajstić information content (AvgIpc) is 2.03. The van der Waals surface area contributed by atoms with Crippen LogP contribution in [0.3, 0.4) is 0 Å². The lowest BCUT2D eigenvalue weighted by Crippen LogP contribution is -2.19. The third-order valence-corrected chi connectivity index (χ3v) is 1.41. The highest BCUT2D eigenvalue weighted by Crippen LogP contribution is 1.99. The van der Waals surface area contributed by atoms with Crippen LogP contribution in [-0.2, 0) is 19.0 Å². The average molecular weight is 182 g/mol. The van der Waals surface area contributed by atoms with Crippen molar-refractivity contribution >= 4 is 9.47 Å². The van der Waals surface area contributed by atoms with E-state index in [0.717, 1.165) is 6.42 Å². The van der Waals surface area contributed by atoms with Crippen LogP contribution in [0.25, 0.3) is 0 Å². The van der Waals surface area contributed by atoms with Crippen LogP contribution in [0.5, 0.6) is 0 Å². The molecule has 0 saturated heterocycles. The van der Waals surface area contributed by atoms with Crippen LogP contribution >= 0.6 is 9.47 Å². The normalized spacial score (nSPS) is 13.4. The summed E-state index contributed by atoms with van der Waals surface area (Å²) in [6.45, 7) is 1.09. The predicted octanol–water partition coefficient (Wildman–Crippen LogP) is 0.776. The van der Waals surface area contributed by atoms with E-state index < -0.39 is 0 Å². The van der Waals surface area contributed by atoms with Crippen LogP contribution in [0.15, 0.2) is 0 Å². The van der Waals surface area contributed by atoms with E-state index in [1.165, 1.54) is 0 Å². The van der Waals surface area contributed by atoms with E-state index >= 15 is 0 Å². The largest absolute Gasteiger partial charge is 0.382 e. The first-order chi connectivity index (χ1) is 5.35. The molecule has 5 heteroatoms. The molecule has 0 heterocycles. The zero-order valence-corrected chi connectivity index (χ0v) is 8.06. The van der Waals surface area contributed by atoms with Gasteiger partial charge >= 0.3 is 0 Å². The second kappa shape index (κ2) is 8.37. The highest BCUT2D eigenvalue weighted by Gasteiger charge is 2.05. The predicted molar refractivity (Wildman–Crippen MR) is 44.0 cm³/mol. The van der Waals surface area contributed by atoms with Crippen molar-refractivity contribution < 1.29 is 19.0 Å². The first-order valence-corrected chi connectivity index (χ1v) is 3.82. The number of hydrogen-bond donors (Lipinski definition) is 0. The number of ether oxygens (including phenoxy) is 2. The molecule has 0 amide bonds. The molecule has 4 nitrogen and oxygen atoms in total. The Kier molecular flexibility index (Phi) is 8.57. The van der Waals surface area contributed by atoms with Crippen molar-refractivity contribution in [1.29, 1.82) is 0 Å². The SMILES string of the molecule is COCC(CCOOP)OC. The Morgan fingerprint density at radius 1 is 1.36 bits per heavy atom. The van der Waals surface area contributed by atoms with Gasteiger partial charge in [-0.05, 0) is 0 Å². The molecule has 68 valence electrons. The molecule has 0 aliphatic carbocycles. The van der Waals surface area contributed by atoms with Gasteiger partial charge in [-0.3, -0.25) is 0 Å². The fourth-order valence-electron chi connectivity index (χ4n) is 0.683. The lowest BCUT2D eigenvalue weighted by Gasteiger charge is -2.12. The fourth-order valence-corrected chi connectivity index (χ4v) is 0.779. The van der Waals surface area contributed by atoms with Gasteiger partial charge in [-0.25, -0.2) is 9.56 Å². The Morgan fingerprint density at radius 2 is 2.09 bits per heavy atom. The van der Waals surface area contributed by atoms with Gasteiger partial charge in [0.25, 0.3) is 0 Å². The van der Waals surface area contributed by atoms with Gasteiger partial charge in [-0.2, -0.15) is 0 Å². The molecule has 2 unspecified atom stereocenters. The van der Waals surface area contributed by atoms with E-state index in [2.05, 4.69) is 9.56 Å². The van der Waals surface area contributed by atoms with E-state index in [-0.39, 0.29) is 6.10 Å². The number of hydrogen-bond acceptors (Lipinski definition) is 4. The summed E-state index contributed by atoms with van der Waals surface area (Å²) in [7, 11) is 5.29. The third kappa shape index (κ3) is 6.66. The fraction of sp³-hybridized carbons (Fsp3) is 1.00. The van der Waals surface area contributed by atoms with Crippen molar-refractivity contribution in [3.05, 3.63) is 0 Å². The Bertz CT molecular complexity index is 81.0. The molecule has 0 spiro atoms. The summed E-state index contributed by atoms with van der Waals surface area (Å²) < 4.78 is 14.3. The van der Waals surface area contributed by atoms with Crippen molar-refractivity contribution in [1.82, 2.24) is 0 Å². The van der Waals surface area contributed by atoms with Gasteiger partial charge in [0.2, 0.25) is 0 Å². The molecule has 0 aromatic rings. The maximum absolute atomic E-state index is 5.07. The van der Waals surface area contributed by atoms with Gasteiger partial charge in [0.15, 0.2) is 0 Å². The molecule has 0 bridgehead atoms. The summed E-state index contributed by atoms with van der Waals surface area (Å²) in [5, 5.41) is 0. The van der Waals surface area contributed by atoms with E-state index in [1.807, 2.05) is 9.47 Å². The molecule has 0 N–H and O–H groups in total.